The molecule has 40 heavy (non-hydrogen) atoms. The van der Waals surface area contributed by atoms with Crippen molar-refractivity contribution in [2.24, 2.45) is 0 Å². The molecule has 0 aromatic heterocycles. The van der Waals surface area contributed by atoms with Gasteiger partial charge in [0.05, 0.1) is 16.0 Å². The summed E-state index contributed by atoms with van der Waals surface area (Å²) in [5.74, 6) is -0.181. The van der Waals surface area contributed by atoms with Crippen LogP contribution in [0.4, 0.5) is 9.18 Å². The maximum absolute atomic E-state index is 13.2. The number of carbonyl (C=O) groups excluding carboxylic acids is 3. The van der Waals surface area contributed by atoms with E-state index in [1.165, 1.54) is 17.7 Å². The molecule has 5 rings (SSSR count). The van der Waals surface area contributed by atoms with Crippen molar-refractivity contribution in [3.05, 3.63) is 98.1 Å². The van der Waals surface area contributed by atoms with Gasteiger partial charge < -0.3 is 14.4 Å². The maximum atomic E-state index is 13.2. The number of amides is 3. The van der Waals surface area contributed by atoms with Crippen LogP contribution < -0.4 is 9.47 Å². The molecule has 1 fully saturated rings. The fourth-order valence-electron chi connectivity index (χ4n) is 4.54. The third-order valence-electron chi connectivity index (χ3n) is 6.58. The summed E-state index contributed by atoms with van der Waals surface area (Å²) in [6.07, 6.45) is 2.34. The molecule has 1 saturated heterocycles. The molecule has 0 atom stereocenters. The molecule has 3 aromatic rings. The van der Waals surface area contributed by atoms with Crippen LogP contribution in [-0.2, 0) is 29.2 Å². The van der Waals surface area contributed by atoms with Crippen molar-refractivity contribution < 1.29 is 28.2 Å². The summed E-state index contributed by atoms with van der Waals surface area (Å²) in [5.41, 5.74) is 3.70. The Balaban J connectivity index is 1.29. The number of hydrogen-bond donors (Lipinski definition) is 0. The lowest BCUT2D eigenvalue weighted by atomic mass is 10.00. The lowest BCUT2D eigenvalue weighted by Gasteiger charge is -2.29. The number of rotatable bonds is 8. The highest BCUT2D eigenvalue weighted by Crippen LogP contribution is 2.40. The number of halogens is 2. The van der Waals surface area contributed by atoms with Crippen molar-refractivity contribution in [1.82, 2.24) is 9.80 Å². The summed E-state index contributed by atoms with van der Waals surface area (Å²) in [5, 5.41) is -0.481. The second-order valence-corrected chi connectivity index (χ2v) is 11.1. The van der Waals surface area contributed by atoms with Crippen LogP contribution in [0.3, 0.4) is 0 Å². The number of fused-ring (bicyclic) bond motifs is 1. The molecular formula is C30H26BrFN2O5S. The second kappa shape index (κ2) is 12.3. The number of nitrogens with zero attached hydrogens (tertiary/aromatic N) is 2. The SMILES string of the molecule is CCOc1cc(/C=C2\SC(=O)N(CC(=O)N3CCc4ccccc4C3)C2=O)cc(Br)c1OCc1ccc(F)cc1. The molecule has 0 bridgehead atoms. The van der Waals surface area contributed by atoms with Crippen molar-refractivity contribution in [3.63, 3.8) is 0 Å². The first-order valence-corrected chi connectivity index (χ1v) is 14.4. The third-order valence-corrected chi connectivity index (χ3v) is 8.07. The van der Waals surface area contributed by atoms with Crippen LogP contribution in [0.15, 0.2) is 70.0 Å². The smallest absolute Gasteiger partial charge is 0.294 e. The minimum absolute atomic E-state index is 0.202. The van der Waals surface area contributed by atoms with E-state index in [-0.39, 0.29) is 29.8 Å². The molecule has 10 heteroatoms. The quantitative estimate of drug-likeness (QED) is 0.278. The Morgan fingerprint density at radius 2 is 1.82 bits per heavy atom. The lowest BCUT2D eigenvalue weighted by molar-refractivity contribution is -0.136. The van der Waals surface area contributed by atoms with E-state index >= 15 is 0 Å². The number of ether oxygens (including phenoxy) is 2. The molecule has 2 aliphatic heterocycles. The molecule has 0 N–H and O–H groups in total. The maximum Gasteiger partial charge on any atom is 0.294 e. The first-order chi connectivity index (χ1) is 19.3. The monoisotopic (exact) mass is 624 g/mol. The number of benzene rings is 3. The van der Waals surface area contributed by atoms with E-state index in [4.69, 9.17) is 9.47 Å². The van der Waals surface area contributed by atoms with Crippen LogP contribution in [0.2, 0.25) is 0 Å². The highest BCUT2D eigenvalue weighted by molar-refractivity contribution is 9.10. The van der Waals surface area contributed by atoms with Gasteiger partial charge in [-0.2, -0.15) is 0 Å². The average Bonchev–Trinajstić information content (AvgIpc) is 3.20. The molecule has 0 spiro atoms. The predicted molar refractivity (Wildman–Crippen MR) is 154 cm³/mol. The van der Waals surface area contributed by atoms with Crippen LogP contribution in [0.5, 0.6) is 11.5 Å². The molecular weight excluding hydrogens is 599 g/mol. The molecule has 2 aliphatic rings. The second-order valence-electron chi connectivity index (χ2n) is 9.28. The summed E-state index contributed by atoms with van der Waals surface area (Å²) in [7, 11) is 0. The highest BCUT2D eigenvalue weighted by Gasteiger charge is 2.37. The Hall–Kier alpha value is -3.63. The molecule has 0 saturated carbocycles. The number of imide groups is 1. The highest BCUT2D eigenvalue weighted by atomic mass is 79.9. The van der Waals surface area contributed by atoms with Gasteiger partial charge in [0.25, 0.3) is 11.1 Å². The minimum Gasteiger partial charge on any atom is -0.490 e. The van der Waals surface area contributed by atoms with Gasteiger partial charge in [-0.15, -0.1) is 0 Å². The van der Waals surface area contributed by atoms with Gasteiger partial charge in [0.15, 0.2) is 11.5 Å². The van der Waals surface area contributed by atoms with Crippen molar-refractivity contribution >= 4 is 50.8 Å². The van der Waals surface area contributed by atoms with E-state index in [0.29, 0.717) is 41.2 Å². The van der Waals surface area contributed by atoms with E-state index in [2.05, 4.69) is 22.0 Å². The minimum atomic E-state index is -0.508. The number of hydrogen-bond acceptors (Lipinski definition) is 6. The normalized spacial score (nSPS) is 15.9. The Labute approximate surface area is 244 Å². The first kappa shape index (κ1) is 27.9. The fourth-order valence-corrected chi connectivity index (χ4v) is 5.95. The lowest BCUT2D eigenvalue weighted by Crippen LogP contribution is -2.44. The zero-order valence-electron chi connectivity index (χ0n) is 21.7. The summed E-state index contributed by atoms with van der Waals surface area (Å²) >= 11 is 4.32. The zero-order chi connectivity index (χ0) is 28.2. The van der Waals surface area contributed by atoms with E-state index in [0.717, 1.165) is 34.2 Å². The summed E-state index contributed by atoms with van der Waals surface area (Å²) in [6.45, 7) is 3.13. The molecule has 3 amide bonds. The van der Waals surface area contributed by atoms with Gasteiger partial charge >= 0.3 is 0 Å². The standard InChI is InChI=1S/C30H26BrFN2O5S/c1-2-38-25-14-20(13-24(31)28(25)39-18-19-7-9-23(32)10-8-19)15-26-29(36)34(30(37)40-26)17-27(35)33-12-11-21-5-3-4-6-22(21)16-33/h3-10,13-15H,2,11-12,16-18H2,1H3/b26-15-. The van der Waals surface area contributed by atoms with E-state index in [1.807, 2.05) is 25.1 Å². The zero-order valence-corrected chi connectivity index (χ0v) is 24.1. The molecule has 206 valence electrons. The van der Waals surface area contributed by atoms with Gasteiger partial charge in [-0.3, -0.25) is 19.3 Å². The fraction of sp³-hybridized carbons (Fsp3) is 0.233. The van der Waals surface area contributed by atoms with E-state index in [1.54, 1.807) is 35.2 Å². The summed E-state index contributed by atoms with van der Waals surface area (Å²) in [4.78, 5) is 41.7. The molecule has 7 nitrogen and oxygen atoms in total. The van der Waals surface area contributed by atoms with Crippen LogP contribution in [-0.4, -0.2) is 46.5 Å². The van der Waals surface area contributed by atoms with Crippen LogP contribution >= 0.6 is 27.7 Å². The van der Waals surface area contributed by atoms with Gasteiger partial charge in [-0.25, -0.2) is 4.39 Å². The van der Waals surface area contributed by atoms with Gasteiger partial charge in [0.2, 0.25) is 5.91 Å². The van der Waals surface area contributed by atoms with Crippen molar-refractivity contribution in [2.75, 3.05) is 19.7 Å². The third kappa shape index (κ3) is 6.23. The van der Waals surface area contributed by atoms with Crippen LogP contribution in [0, 0.1) is 5.82 Å². The molecule has 0 unspecified atom stereocenters. The largest absolute Gasteiger partial charge is 0.490 e. The number of carbonyl (C=O) groups is 3. The van der Waals surface area contributed by atoms with Gasteiger partial charge in [-0.1, -0.05) is 36.4 Å². The number of thioether (sulfide) groups is 1. The summed E-state index contributed by atoms with van der Waals surface area (Å²) < 4.78 is 25.5. The molecule has 2 heterocycles. The topological polar surface area (TPSA) is 76.2 Å². The van der Waals surface area contributed by atoms with Crippen molar-refractivity contribution in [1.29, 1.82) is 0 Å². The van der Waals surface area contributed by atoms with E-state index in [9.17, 15) is 18.8 Å². The predicted octanol–water partition coefficient (Wildman–Crippen LogP) is 6.19. The summed E-state index contributed by atoms with van der Waals surface area (Å²) in [6, 6.07) is 17.5. The Morgan fingerprint density at radius 3 is 2.58 bits per heavy atom. The molecule has 3 aromatic carbocycles. The van der Waals surface area contributed by atoms with Crippen molar-refractivity contribution in [3.8, 4) is 11.5 Å². The first-order valence-electron chi connectivity index (χ1n) is 12.8. The van der Waals surface area contributed by atoms with Crippen molar-refractivity contribution in [2.45, 2.75) is 26.5 Å². The van der Waals surface area contributed by atoms with Crippen LogP contribution in [0.1, 0.15) is 29.2 Å². The Bertz CT molecular complexity index is 1490. The Kier molecular flexibility index (Phi) is 8.56. The van der Waals surface area contributed by atoms with Gasteiger partial charge in [-0.05, 0) is 93.6 Å². The Morgan fingerprint density at radius 1 is 1.07 bits per heavy atom. The molecule has 0 aliphatic carbocycles. The van der Waals surface area contributed by atoms with Gasteiger partial charge in [0, 0.05) is 13.1 Å². The van der Waals surface area contributed by atoms with E-state index < -0.39 is 11.1 Å². The van der Waals surface area contributed by atoms with Gasteiger partial charge in [0.1, 0.15) is 19.0 Å². The molecule has 0 radical (unpaired) electrons. The van der Waals surface area contributed by atoms with Crippen LogP contribution in [0.25, 0.3) is 6.08 Å². The average molecular weight is 626 g/mol.